The maximum Gasteiger partial charge on any atom is 0.150 e. The Morgan fingerprint density at radius 1 is 1.42 bits per heavy atom. The Hall–Kier alpha value is -1.51. The van der Waals surface area contributed by atoms with Crippen molar-refractivity contribution in [3.05, 3.63) is 30.2 Å². The highest BCUT2D eigenvalue weighted by Gasteiger charge is 2.03. The van der Waals surface area contributed by atoms with E-state index in [2.05, 4.69) is 4.98 Å². The van der Waals surface area contributed by atoms with Crippen molar-refractivity contribution in [3.63, 3.8) is 0 Å². The molecule has 62 valence electrons. The standard InChI is InChI=1S/C9H8FNO/c1-12-7-4-6-2-3-11-9(6)8(10)5-7/h2-5,11H,1H3. The number of fused-ring (bicyclic) bond motifs is 1. The lowest BCUT2D eigenvalue weighted by atomic mass is 10.2. The Morgan fingerprint density at radius 2 is 2.25 bits per heavy atom. The van der Waals surface area contributed by atoms with Gasteiger partial charge in [0, 0.05) is 17.6 Å². The highest BCUT2D eigenvalue weighted by atomic mass is 19.1. The molecule has 0 fully saturated rings. The monoisotopic (exact) mass is 165 g/mol. The Balaban J connectivity index is 2.75. The van der Waals surface area contributed by atoms with Crippen molar-refractivity contribution < 1.29 is 9.13 Å². The average molecular weight is 165 g/mol. The number of H-pyrrole nitrogens is 1. The van der Waals surface area contributed by atoms with Crippen molar-refractivity contribution in [3.8, 4) is 5.75 Å². The Bertz CT molecular complexity index is 408. The summed E-state index contributed by atoms with van der Waals surface area (Å²) in [6, 6.07) is 4.95. The maximum absolute atomic E-state index is 13.2. The Kier molecular flexibility index (Phi) is 1.50. The number of aromatic amines is 1. The van der Waals surface area contributed by atoms with Crippen LogP contribution in [0.1, 0.15) is 0 Å². The fourth-order valence-corrected chi connectivity index (χ4v) is 1.22. The lowest BCUT2D eigenvalue weighted by molar-refractivity contribution is 0.412. The van der Waals surface area contributed by atoms with Gasteiger partial charge in [-0.3, -0.25) is 0 Å². The smallest absolute Gasteiger partial charge is 0.150 e. The van der Waals surface area contributed by atoms with E-state index < -0.39 is 0 Å². The molecule has 1 aromatic carbocycles. The third kappa shape index (κ3) is 0.942. The SMILES string of the molecule is COc1cc(F)c2[nH]ccc2c1. The van der Waals surface area contributed by atoms with E-state index in [0.29, 0.717) is 11.3 Å². The molecule has 0 aliphatic carbocycles. The van der Waals surface area contributed by atoms with Gasteiger partial charge in [-0.1, -0.05) is 0 Å². The molecule has 2 nitrogen and oxygen atoms in total. The highest BCUT2D eigenvalue weighted by Crippen LogP contribution is 2.22. The fourth-order valence-electron chi connectivity index (χ4n) is 1.22. The Labute approximate surface area is 69.0 Å². The second kappa shape index (κ2) is 2.52. The average Bonchev–Trinajstić information content (AvgIpc) is 2.52. The summed E-state index contributed by atoms with van der Waals surface area (Å²) in [5.41, 5.74) is 0.524. The summed E-state index contributed by atoms with van der Waals surface area (Å²) in [4.78, 5) is 2.81. The first-order chi connectivity index (χ1) is 5.81. The maximum atomic E-state index is 13.2. The molecule has 0 saturated carbocycles. The minimum Gasteiger partial charge on any atom is -0.497 e. The molecule has 0 aliphatic heterocycles. The zero-order valence-electron chi connectivity index (χ0n) is 6.60. The van der Waals surface area contributed by atoms with Crippen LogP contribution in [0.25, 0.3) is 10.9 Å². The highest BCUT2D eigenvalue weighted by molar-refractivity contribution is 5.81. The number of hydrogen-bond acceptors (Lipinski definition) is 1. The first-order valence-corrected chi connectivity index (χ1v) is 3.62. The lowest BCUT2D eigenvalue weighted by Crippen LogP contribution is -1.84. The molecule has 1 N–H and O–H groups in total. The van der Waals surface area contributed by atoms with Crippen molar-refractivity contribution >= 4 is 10.9 Å². The first kappa shape index (κ1) is 7.16. The van der Waals surface area contributed by atoms with Crippen LogP contribution >= 0.6 is 0 Å². The number of methoxy groups -OCH3 is 1. The van der Waals surface area contributed by atoms with Gasteiger partial charge < -0.3 is 9.72 Å². The van der Waals surface area contributed by atoms with Crippen LogP contribution < -0.4 is 4.74 Å². The molecule has 2 aromatic rings. The van der Waals surface area contributed by atoms with Crippen molar-refractivity contribution in [2.45, 2.75) is 0 Å². The molecule has 0 aliphatic rings. The molecular formula is C9H8FNO. The molecule has 0 saturated heterocycles. The summed E-state index contributed by atoms with van der Waals surface area (Å²) in [5.74, 6) is 0.258. The van der Waals surface area contributed by atoms with E-state index in [-0.39, 0.29) is 5.82 Å². The molecule has 0 amide bonds. The van der Waals surface area contributed by atoms with Gasteiger partial charge in [0.1, 0.15) is 5.75 Å². The quantitative estimate of drug-likeness (QED) is 0.689. The molecular weight excluding hydrogens is 157 g/mol. The zero-order valence-corrected chi connectivity index (χ0v) is 6.60. The minimum atomic E-state index is -0.283. The molecule has 0 unspecified atom stereocenters. The van der Waals surface area contributed by atoms with Crippen LogP contribution in [0.2, 0.25) is 0 Å². The third-order valence-corrected chi connectivity index (χ3v) is 1.82. The molecule has 0 radical (unpaired) electrons. The predicted molar refractivity (Wildman–Crippen MR) is 44.8 cm³/mol. The van der Waals surface area contributed by atoms with Crippen LogP contribution in [0.3, 0.4) is 0 Å². The number of hydrogen-bond donors (Lipinski definition) is 1. The molecule has 0 bridgehead atoms. The summed E-state index contributed by atoms with van der Waals surface area (Å²) >= 11 is 0. The molecule has 1 heterocycles. The van der Waals surface area contributed by atoms with Crippen molar-refractivity contribution in [2.75, 3.05) is 7.11 Å². The van der Waals surface area contributed by atoms with E-state index >= 15 is 0 Å². The van der Waals surface area contributed by atoms with E-state index in [0.717, 1.165) is 5.39 Å². The van der Waals surface area contributed by atoms with E-state index in [1.54, 1.807) is 18.3 Å². The van der Waals surface area contributed by atoms with Gasteiger partial charge in [-0.25, -0.2) is 4.39 Å². The molecule has 1 aromatic heterocycles. The summed E-state index contributed by atoms with van der Waals surface area (Å²) in [5, 5.41) is 0.826. The largest absolute Gasteiger partial charge is 0.497 e. The van der Waals surface area contributed by atoms with Crippen LogP contribution in [0.15, 0.2) is 24.4 Å². The van der Waals surface area contributed by atoms with Gasteiger partial charge in [0.2, 0.25) is 0 Å². The second-order valence-electron chi connectivity index (χ2n) is 2.55. The van der Waals surface area contributed by atoms with E-state index in [4.69, 9.17) is 4.74 Å². The number of ether oxygens (including phenoxy) is 1. The summed E-state index contributed by atoms with van der Waals surface area (Å²) < 4.78 is 18.1. The first-order valence-electron chi connectivity index (χ1n) is 3.62. The summed E-state index contributed by atoms with van der Waals surface area (Å²) in [6.07, 6.45) is 1.70. The van der Waals surface area contributed by atoms with Gasteiger partial charge in [-0.15, -0.1) is 0 Å². The number of halogens is 1. The van der Waals surface area contributed by atoms with Crippen LogP contribution in [0.5, 0.6) is 5.75 Å². The number of rotatable bonds is 1. The van der Waals surface area contributed by atoms with Gasteiger partial charge in [-0.05, 0) is 12.1 Å². The van der Waals surface area contributed by atoms with Gasteiger partial charge >= 0.3 is 0 Å². The number of benzene rings is 1. The molecule has 0 atom stereocenters. The van der Waals surface area contributed by atoms with E-state index in [1.807, 2.05) is 0 Å². The molecule has 3 heteroatoms. The van der Waals surface area contributed by atoms with E-state index in [9.17, 15) is 4.39 Å². The van der Waals surface area contributed by atoms with Crippen LogP contribution in [-0.2, 0) is 0 Å². The van der Waals surface area contributed by atoms with Crippen LogP contribution in [0, 0.1) is 5.82 Å². The van der Waals surface area contributed by atoms with Gasteiger partial charge in [0.25, 0.3) is 0 Å². The number of nitrogens with one attached hydrogen (secondary N) is 1. The van der Waals surface area contributed by atoms with E-state index in [1.165, 1.54) is 13.2 Å². The normalized spacial score (nSPS) is 10.5. The lowest BCUT2D eigenvalue weighted by Gasteiger charge is -1.99. The molecule has 12 heavy (non-hydrogen) atoms. The topological polar surface area (TPSA) is 25.0 Å². The number of aromatic nitrogens is 1. The summed E-state index contributed by atoms with van der Waals surface area (Å²) in [6.45, 7) is 0. The van der Waals surface area contributed by atoms with Gasteiger partial charge in [-0.2, -0.15) is 0 Å². The van der Waals surface area contributed by atoms with Crippen LogP contribution in [0.4, 0.5) is 4.39 Å². The van der Waals surface area contributed by atoms with Gasteiger partial charge in [0.15, 0.2) is 5.82 Å². The Morgan fingerprint density at radius 3 is 3.00 bits per heavy atom. The van der Waals surface area contributed by atoms with Crippen molar-refractivity contribution in [1.29, 1.82) is 0 Å². The summed E-state index contributed by atoms with van der Waals surface area (Å²) in [7, 11) is 1.52. The zero-order chi connectivity index (χ0) is 8.55. The molecule has 2 rings (SSSR count). The predicted octanol–water partition coefficient (Wildman–Crippen LogP) is 2.32. The van der Waals surface area contributed by atoms with Gasteiger partial charge in [0.05, 0.1) is 12.6 Å². The third-order valence-electron chi connectivity index (χ3n) is 1.82. The minimum absolute atomic E-state index is 0.283. The fraction of sp³-hybridized carbons (Fsp3) is 0.111. The second-order valence-corrected chi connectivity index (χ2v) is 2.55. The van der Waals surface area contributed by atoms with Crippen LogP contribution in [-0.4, -0.2) is 12.1 Å². The molecule has 0 spiro atoms. The van der Waals surface area contributed by atoms with Crippen molar-refractivity contribution in [2.24, 2.45) is 0 Å². The van der Waals surface area contributed by atoms with Crippen molar-refractivity contribution in [1.82, 2.24) is 4.98 Å².